The Hall–Kier alpha value is 0. The number of hydrogen-bond acceptors (Lipinski definition) is 0. The highest BCUT2D eigenvalue weighted by Crippen LogP contribution is 2.54. The molecule has 8 unspecified atom stereocenters. The fourth-order valence-electron chi connectivity index (χ4n) is 7.72. The molecule has 0 saturated heterocycles. The van der Waals surface area contributed by atoms with Crippen molar-refractivity contribution in [2.75, 3.05) is 0 Å². The maximum absolute atomic E-state index is 2.59. The normalized spacial score (nSPS) is 51.5. The van der Waals surface area contributed by atoms with Crippen LogP contribution in [0.3, 0.4) is 0 Å². The van der Waals surface area contributed by atoms with Crippen LogP contribution in [0, 0.1) is 47.3 Å². The summed E-state index contributed by atoms with van der Waals surface area (Å²) in [6.07, 6.45) is 18.7. The average Bonchev–Trinajstić information content (AvgIpc) is 3.01. The summed E-state index contributed by atoms with van der Waals surface area (Å²) < 4.78 is 0. The second-order valence-electron chi connectivity index (χ2n) is 9.75. The minimum absolute atomic E-state index is 1.03. The van der Waals surface area contributed by atoms with Gasteiger partial charge in [0.2, 0.25) is 0 Å². The second kappa shape index (κ2) is 6.48. The molecule has 0 nitrogen and oxygen atoms in total. The largest absolute Gasteiger partial charge is 0.0622 e. The average molecular weight is 303 g/mol. The molecule has 0 heterocycles. The number of hydrogen-bond donors (Lipinski definition) is 0. The predicted octanol–water partition coefficient (Wildman–Crippen LogP) is 6.69. The summed E-state index contributed by atoms with van der Waals surface area (Å²) in [5.41, 5.74) is 0. The Bertz CT molecular complexity index is 336. The molecule has 0 N–H and O–H groups in total. The smallest absolute Gasteiger partial charge is 0.0355 e. The van der Waals surface area contributed by atoms with Crippen molar-refractivity contribution in [3.8, 4) is 0 Å². The van der Waals surface area contributed by atoms with Gasteiger partial charge in [-0.05, 0) is 85.9 Å². The fraction of sp³-hybridized carbons (Fsp3) is 1.00. The van der Waals surface area contributed by atoms with E-state index >= 15 is 0 Å². The molecule has 22 heavy (non-hydrogen) atoms. The summed E-state index contributed by atoms with van der Waals surface area (Å²) in [6.45, 7) is 5.18. The minimum Gasteiger partial charge on any atom is -0.0622 e. The summed E-state index contributed by atoms with van der Waals surface area (Å²) in [5, 5.41) is 0. The van der Waals surface area contributed by atoms with Crippen LogP contribution in [0.4, 0.5) is 0 Å². The molecule has 0 spiro atoms. The quantitative estimate of drug-likeness (QED) is 0.544. The van der Waals surface area contributed by atoms with Gasteiger partial charge in [0, 0.05) is 0 Å². The molecule has 0 aromatic heterocycles. The molecule has 4 aliphatic carbocycles. The van der Waals surface area contributed by atoms with E-state index in [-0.39, 0.29) is 0 Å². The SMILES string of the molecule is CC1CC2CCCCC2C1CCC1C(C)CC2CCCCC21. The van der Waals surface area contributed by atoms with Gasteiger partial charge in [-0.15, -0.1) is 0 Å². The molecule has 0 radical (unpaired) electrons. The van der Waals surface area contributed by atoms with Gasteiger partial charge in [0.05, 0.1) is 0 Å². The van der Waals surface area contributed by atoms with E-state index in [1.54, 1.807) is 51.4 Å². The first kappa shape index (κ1) is 15.5. The zero-order valence-electron chi connectivity index (χ0n) is 15.1. The van der Waals surface area contributed by atoms with Crippen molar-refractivity contribution in [2.24, 2.45) is 47.3 Å². The lowest BCUT2D eigenvalue weighted by Crippen LogP contribution is -2.24. The van der Waals surface area contributed by atoms with Gasteiger partial charge in [-0.2, -0.15) is 0 Å². The van der Waals surface area contributed by atoms with Crippen molar-refractivity contribution in [1.29, 1.82) is 0 Å². The molecule has 0 bridgehead atoms. The monoisotopic (exact) mass is 302 g/mol. The van der Waals surface area contributed by atoms with Gasteiger partial charge in [0.1, 0.15) is 0 Å². The third-order valence-corrected chi connectivity index (χ3v) is 8.68. The Labute approximate surface area is 138 Å². The lowest BCUT2D eigenvalue weighted by atomic mass is 9.72. The molecule has 126 valence electrons. The first-order valence-electron chi connectivity index (χ1n) is 10.7. The van der Waals surface area contributed by atoms with E-state index < -0.39 is 0 Å². The van der Waals surface area contributed by atoms with E-state index in [4.69, 9.17) is 0 Å². The summed E-state index contributed by atoms with van der Waals surface area (Å²) >= 11 is 0. The molecular formula is C22H38. The van der Waals surface area contributed by atoms with Gasteiger partial charge in [0.25, 0.3) is 0 Å². The highest BCUT2D eigenvalue weighted by atomic mass is 14.5. The third-order valence-electron chi connectivity index (χ3n) is 8.68. The van der Waals surface area contributed by atoms with E-state index in [0.717, 1.165) is 47.3 Å². The van der Waals surface area contributed by atoms with Crippen molar-refractivity contribution in [1.82, 2.24) is 0 Å². The highest BCUT2D eigenvalue weighted by Gasteiger charge is 2.44. The highest BCUT2D eigenvalue weighted by molar-refractivity contribution is 4.94. The van der Waals surface area contributed by atoms with Crippen LogP contribution >= 0.6 is 0 Å². The van der Waals surface area contributed by atoms with Crippen LogP contribution in [0.1, 0.15) is 90.9 Å². The number of fused-ring (bicyclic) bond motifs is 2. The van der Waals surface area contributed by atoms with Crippen molar-refractivity contribution < 1.29 is 0 Å². The molecule has 4 aliphatic rings. The Morgan fingerprint density at radius 1 is 0.591 bits per heavy atom. The summed E-state index contributed by atoms with van der Waals surface area (Å²) in [4.78, 5) is 0. The van der Waals surface area contributed by atoms with Crippen molar-refractivity contribution >= 4 is 0 Å². The summed E-state index contributed by atoms with van der Waals surface area (Å²) in [7, 11) is 0. The second-order valence-corrected chi connectivity index (χ2v) is 9.75. The van der Waals surface area contributed by atoms with Crippen LogP contribution in [0.25, 0.3) is 0 Å². The topological polar surface area (TPSA) is 0 Å². The van der Waals surface area contributed by atoms with Gasteiger partial charge >= 0.3 is 0 Å². The zero-order valence-corrected chi connectivity index (χ0v) is 15.1. The molecule has 0 heteroatoms. The Morgan fingerprint density at radius 3 is 1.45 bits per heavy atom. The van der Waals surface area contributed by atoms with E-state index in [2.05, 4.69) is 13.8 Å². The number of rotatable bonds is 3. The van der Waals surface area contributed by atoms with Crippen LogP contribution in [-0.4, -0.2) is 0 Å². The van der Waals surface area contributed by atoms with E-state index in [1.165, 1.54) is 25.7 Å². The van der Waals surface area contributed by atoms with E-state index in [9.17, 15) is 0 Å². The zero-order chi connectivity index (χ0) is 15.1. The van der Waals surface area contributed by atoms with Gasteiger partial charge in [-0.25, -0.2) is 0 Å². The molecular weight excluding hydrogens is 264 g/mol. The molecule has 4 rings (SSSR count). The van der Waals surface area contributed by atoms with Gasteiger partial charge in [-0.3, -0.25) is 0 Å². The molecule has 0 aliphatic heterocycles. The van der Waals surface area contributed by atoms with Crippen LogP contribution in [0.15, 0.2) is 0 Å². The van der Waals surface area contributed by atoms with Crippen LogP contribution in [-0.2, 0) is 0 Å². The first-order valence-corrected chi connectivity index (χ1v) is 10.7. The maximum Gasteiger partial charge on any atom is -0.0355 e. The molecule has 0 aromatic rings. The van der Waals surface area contributed by atoms with Crippen LogP contribution in [0.2, 0.25) is 0 Å². The third kappa shape index (κ3) is 2.78. The Kier molecular flexibility index (Phi) is 4.57. The molecule has 0 amide bonds. The summed E-state index contributed by atoms with van der Waals surface area (Å²) in [6, 6.07) is 0. The van der Waals surface area contributed by atoms with Gasteiger partial charge in [0.15, 0.2) is 0 Å². The van der Waals surface area contributed by atoms with E-state index in [1.807, 2.05) is 0 Å². The first-order chi connectivity index (χ1) is 10.7. The standard InChI is InChI=1S/C22H38/c1-15-13-17-7-3-5-9-21(17)19(15)11-12-20-16(2)14-18-8-4-6-10-22(18)20/h15-22H,3-14H2,1-2H3. The van der Waals surface area contributed by atoms with Gasteiger partial charge in [-0.1, -0.05) is 52.4 Å². The lowest BCUT2D eigenvalue weighted by Gasteiger charge is -2.33. The Balaban J connectivity index is 1.37. The van der Waals surface area contributed by atoms with Crippen LogP contribution < -0.4 is 0 Å². The molecule has 4 fully saturated rings. The van der Waals surface area contributed by atoms with E-state index in [0.29, 0.717) is 0 Å². The summed E-state index contributed by atoms with van der Waals surface area (Å²) in [5.74, 6) is 8.76. The van der Waals surface area contributed by atoms with Gasteiger partial charge < -0.3 is 0 Å². The Morgan fingerprint density at radius 2 is 1.00 bits per heavy atom. The predicted molar refractivity (Wildman–Crippen MR) is 94.7 cm³/mol. The minimum atomic E-state index is 1.03. The fourth-order valence-corrected chi connectivity index (χ4v) is 7.72. The van der Waals surface area contributed by atoms with Crippen molar-refractivity contribution in [2.45, 2.75) is 90.9 Å². The maximum atomic E-state index is 2.59. The van der Waals surface area contributed by atoms with Crippen molar-refractivity contribution in [3.63, 3.8) is 0 Å². The van der Waals surface area contributed by atoms with Crippen LogP contribution in [0.5, 0.6) is 0 Å². The molecule has 8 atom stereocenters. The molecule has 4 saturated carbocycles. The molecule has 0 aromatic carbocycles. The van der Waals surface area contributed by atoms with Crippen molar-refractivity contribution in [3.05, 3.63) is 0 Å². The lowest BCUT2D eigenvalue weighted by molar-refractivity contribution is 0.169.